The number of hydrogen-bond donors (Lipinski definition) is 0. The predicted molar refractivity (Wildman–Crippen MR) is 80.4 cm³/mol. The van der Waals surface area contributed by atoms with Crippen LogP contribution in [0.3, 0.4) is 0 Å². The Kier molecular flexibility index (Phi) is 5.96. The average molecular weight is 318 g/mol. The maximum Gasteiger partial charge on any atom is 0.0472 e. The largest absolute Gasteiger partial charge is 0.381 e. The van der Waals surface area contributed by atoms with Gasteiger partial charge in [-0.15, -0.1) is 0 Å². The number of nitrogens with zero attached hydrogens (tertiary/aromatic N) is 1. The summed E-state index contributed by atoms with van der Waals surface area (Å²) in [6.45, 7) is 6.84. The molecular weight excluding hydrogens is 290 g/mol. The third-order valence-corrected chi connectivity index (χ3v) is 5.94. The molecule has 2 aliphatic rings. The quantitative estimate of drug-likeness (QED) is 0.714. The highest BCUT2D eigenvalue weighted by Crippen LogP contribution is 2.35. The van der Waals surface area contributed by atoms with Crippen molar-refractivity contribution >= 4 is 15.9 Å². The van der Waals surface area contributed by atoms with Crippen LogP contribution in [0.2, 0.25) is 0 Å². The molecule has 0 radical (unpaired) electrons. The molecule has 0 aromatic carbocycles. The number of likely N-dealkylation sites (tertiary alicyclic amines) is 1. The lowest BCUT2D eigenvalue weighted by Crippen LogP contribution is -2.48. The van der Waals surface area contributed by atoms with E-state index < -0.39 is 0 Å². The van der Waals surface area contributed by atoms with E-state index in [4.69, 9.17) is 4.74 Å². The van der Waals surface area contributed by atoms with E-state index in [2.05, 4.69) is 27.8 Å². The van der Waals surface area contributed by atoms with Gasteiger partial charge in [-0.1, -0.05) is 35.7 Å². The van der Waals surface area contributed by atoms with Crippen molar-refractivity contribution in [2.24, 2.45) is 5.41 Å². The summed E-state index contributed by atoms with van der Waals surface area (Å²) < 4.78 is 5.55. The molecule has 3 heteroatoms. The molecule has 0 bridgehead atoms. The molecule has 0 saturated carbocycles. The number of rotatable bonds is 5. The first-order chi connectivity index (χ1) is 8.79. The Labute approximate surface area is 121 Å². The molecular formula is C15H28BrNO. The maximum atomic E-state index is 5.55. The Morgan fingerprint density at radius 3 is 2.72 bits per heavy atom. The zero-order valence-corrected chi connectivity index (χ0v) is 13.4. The number of hydrogen-bond acceptors (Lipinski definition) is 2. The fraction of sp³-hybridized carbons (Fsp3) is 1.00. The van der Waals surface area contributed by atoms with Crippen molar-refractivity contribution in [1.82, 2.24) is 4.90 Å². The van der Waals surface area contributed by atoms with Crippen LogP contribution in [0.1, 0.15) is 51.9 Å². The van der Waals surface area contributed by atoms with Crippen LogP contribution in [0.25, 0.3) is 0 Å². The molecule has 2 fully saturated rings. The second-order valence-corrected chi connectivity index (χ2v) is 6.72. The molecule has 0 amide bonds. The van der Waals surface area contributed by atoms with E-state index in [1.807, 2.05) is 0 Å². The highest BCUT2D eigenvalue weighted by molar-refractivity contribution is 9.09. The van der Waals surface area contributed by atoms with E-state index in [0.29, 0.717) is 5.41 Å². The minimum Gasteiger partial charge on any atom is -0.381 e. The van der Waals surface area contributed by atoms with Crippen molar-refractivity contribution in [3.8, 4) is 0 Å². The molecule has 2 heterocycles. The number of halogens is 1. The fourth-order valence-electron chi connectivity index (χ4n) is 3.50. The molecule has 18 heavy (non-hydrogen) atoms. The van der Waals surface area contributed by atoms with Gasteiger partial charge in [-0.3, -0.25) is 4.90 Å². The zero-order chi connectivity index (χ0) is 12.8. The van der Waals surface area contributed by atoms with E-state index in [1.165, 1.54) is 58.0 Å². The van der Waals surface area contributed by atoms with Gasteiger partial charge >= 0.3 is 0 Å². The summed E-state index contributed by atoms with van der Waals surface area (Å²) in [4.78, 5) is 2.79. The summed E-state index contributed by atoms with van der Waals surface area (Å²) in [6, 6.07) is 0.850. The lowest BCUT2D eigenvalue weighted by molar-refractivity contribution is -0.00646. The van der Waals surface area contributed by atoms with Gasteiger partial charge in [0.05, 0.1) is 0 Å². The van der Waals surface area contributed by atoms with Crippen molar-refractivity contribution in [2.45, 2.75) is 57.9 Å². The van der Waals surface area contributed by atoms with E-state index in [0.717, 1.165) is 24.6 Å². The van der Waals surface area contributed by atoms with Gasteiger partial charge in [0.1, 0.15) is 0 Å². The van der Waals surface area contributed by atoms with Crippen molar-refractivity contribution in [3.05, 3.63) is 0 Å². The van der Waals surface area contributed by atoms with Crippen LogP contribution in [0, 0.1) is 5.41 Å². The summed E-state index contributed by atoms with van der Waals surface area (Å²) in [5.74, 6) is 0. The van der Waals surface area contributed by atoms with Gasteiger partial charge in [0.2, 0.25) is 0 Å². The van der Waals surface area contributed by atoms with E-state index in [-0.39, 0.29) is 0 Å². The summed E-state index contributed by atoms with van der Waals surface area (Å²) in [5.41, 5.74) is 0.474. The minimum atomic E-state index is 0.474. The van der Waals surface area contributed by atoms with Crippen LogP contribution in [-0.4, -0.2) is 42.6 Å². The van der Waals surface area contributed by atoms with E-state index in [1.54, 1.807) is 0 Å². The highest BCUT2D eigenvalue weighted by atomic mass is 79.9. The Morgan fingerprint density at radius 2 is 2.06 bits per heavy atom. The molecule has 106 valence electrons. The highest BCUT2D eigenvalue weighted by Gasteiger charge is 2.35. The minimum absolute atomic E-state index is 0.474. The molecule has 1 unspecified atom stereocenters. The number of piperidine rings is 1. The lowest BCUT2D eigenvalue weighted by atomic mass is 9.80. The lowest BCUT2D eigenvalue weighted by Gasteiger charge is -2.44. The molecule has 0 aromatic rings. The van der Waals surface area contributed by atoms with Crippen LogP contribution >= 0.6 is 15.9 Å². The summed E-state index contributed by atoms with van der Waals surface area (Å²) in [6.07, 6.45) is 9.42. The third kappa shape index (κ3) is 3.71. The van der Waals surface area contributed by atoms with Crippen LogP contribution in [0.15, 0.2) is 0 Å². The number of alkyl halides is 1. The van der Waals surface area contributed by atoms with Crippen LogP contribution < -0.4 is 0 Å². The standard InChI is InChI=1S/C15H28BrNO/c1-2-5-14-6-3-4-9-17(14)13-15(12-16)7-10-18-11-8-15/h14H,2-13H2,1H3. The third-order valence-electron chi connectivity index (χ3n) is 4.75. The van der Waals surface area contributed by atoms with Gasteiger partial charge in [0.25, 0.3) is 0 Å². The molecule has 2 rings (SSSR count). The van der Waals surface area contributed by atoms with Crippen LogP contribution in [0.4, 0.5) is 0 Å². The van der Waals surface area contributed by atoms with Gasteiger partial charge in [-0.2, -0.15) is 0 Å². The Hall–Kier alpha value is 0.400. The Bertz CT molecular complexity index is 239. The molecule has 2 saturated heterocycles. The van der Waals surface area contributed by atoms with Crippen LogP contribution in [-0.2, 0) is 4.74 Å². The first-order valence-electron chi connectivity index (χ1n) is 7.67. The average Bonchev–Trinajstić information content (AvgIpc) is 2.42. The molecule has 2 nitrogen and oxygen atoms in total. The van der Waals surface area contributed by atoms with Crippen LogP contribution in [0.5, 0.6) is 0 Å². The Balaban J connectivity index is 1.95. The van der Waals surface area contributed by atoms with Gasteiger partial charge in [-0.05, 0) is 44.1 Å². The van der Waals surface area contributed by atoms with Crippen molar-refractivity contribution < 1.29 is 4.74 Å². The second kappa shape index (κ2) is 7.25. The first kappa shape index (κ1) is 14.8. The van der Waals surface area contributed by atoms with Gasteiger partial charge in [0, 0.05) is 31.1 Å². The molecule has 0 N–H and O–H groups in total. The molecule has 2 aliphatic heterocycles. The summed E-state index contributed by atoms with van der Waals surface area (Å²) in [7, 11) is 0. The smallest absolute Gasteiger partial charge is 0.0472 e. The zero-order valence-electron chi connectivity index (χ0n) is 11.8. The van der Waals surface area contributed by atoms with Gasteiger partial charge < -0.3 is 4.74 Å². The number of ether oxygens (including phenoxy) is 1. The predicted octanol–water partition coefficient (Wildman–Crippen LogP) is 3.83. The van der Waals surface area contributed by atoms with Crippen molar-refractivity contribution in [3.63, 3.8) is 0 Å². The van der Waals surface area contributed by atoms with Crippen molar-refractivity contribution in [2.75, 3.05) is 31.6 Å². The molecule has 0 spiro atoms. The molecule has 0 aromatic heterocycles. The monoisotopic (exact) mass is 317 g/mol. The normalized spacial score (nSPS) is 29.3. The van der Waals surface area contributed by atoms with Gasteiger partial charge in [-0.25, -0.2) is 0 Å². The first-order valence-corrected chi connectivity index (χ1v) is 8.79. The molecule has 1 atom stereocenters. The second-order valence-electron chi connectivity index (χ2n) is 6.15. The van der Waals surface area contributed by atoms with Gasteiger partial charge in [0.15, 0.2) is 0 Å². The topological polar surface area (TPSA) is 12.5 Å². The Morgan fingerprint density at radius 1 is 1.28 bits per heavy atom. The summed E-state index contributed by atoms with van der Waals surface area (Å²) in [5, 5.41) is 1.14. The van der Waals surface area contributed by atoms with E-state index in [9.17, 15) is 0 Å². The molecule has 0 aliphatic carbocycles. The SMILES string of the molecule is CCCC1CCCCN1CC1(CBr)CCOCC1. The fourth-order valence-corrected chi connectivity index (χ4v) is 4.24. The maximum absolute atomic E-state index is 5.55. The summed E-state index contributed by atoms with van der Waals surface area (Å²) >= 11 is 3.77. The van der Waals surface area contributed by atoms with E-state index >= 15 is 0 Å². The van der Waals surface area contributed by atoms with Crippen molar-refractivity contribution in [1.29, 1.82) is 0 Å².